The van der Waals surface area contributed by atoms with Crippen LogP contribution in [-0.2, 0) is 0 Å². The van der Waals surface area contributed by atoms with Crippen LogP contribution >= 0.6 is 23.2 Å². The Labute approximate surface area is 121 Å². The first-order chi connectivity index (χ1) is 9.08. The third-order valence-corrected chi connectivity index (χ3v) is 3.04. The number of allylic oxidation sites excluding steroid dienone is 6. The number of rotatable bonds is 3. The lowest BCUT2D eigenvalue weighted by Crippen LogP contribution is -1.96. The molecular formula is C14H11Cl2NO2. The molecule has 0 aliphatic heterocycles. The van der Waals surface area contributed by atoms with Gasteiger partial charge in [0.15, 0.2) is 0 Å². The number of para-hydroxylation sites is 1. The zero-order chi connectivity index (χ0) is 13.8. The van der Waals surface area contributed by atoms with Crippen molar-refractivity contribution in [3.05, 3.63) is 69.8 Å². The number of nitrogens with zero attached hydrogens (tertiary/aromatic N) is 1. The number of benzene rings is 1. The Bertz CT molecular complexity index is 589. The van der Waals surface area contributed by atoms with Crippen LogP contribution < -0.4 is 0 Å². The molecule has 0 N–H and O–H groups in total. The molecule has 0 heterocycles. The van der Waals surface area contributed by atoms with Crippen molar-refractivity contribution in [2.45, 2.75) is 11.3 Å². The molecule has 1 aliphatic rings. The molecule has 5 heteroatoms. The predicted octanol–water partition coefficient (Wildman–Crippen LogP) is 4.67. The van der Waals surface area contributed by atoms with Gasteiger partial charge in [-0.3, -0.25) is 10.1 Å². The molecule has 0 radical (unpaired) electrons. The van der Waals surface area contributed by atoms with E-state index in [0.717, 1.165) is 11.1 Å². The summed E-state index contributed by atoms with van der Waals surface area (Å²) in [6.45, 7) is 0. The lowest BCUT2D eigenvalue weighted by Gasteiger charge is -2.10. The molecule has 0 saturated heterocycles. The Hall–Kier alpha value is -1.58. The van der Waals surface area contributed by atoms with Crippen molar-refractivity contribution in [3.63, 3.8) is 0 Å². The van der Waals surface area contributed by atoms with E-state index in [-0.39, 0.29) is 10.6 Å². The summed E-state index contributed by atoms with van der Waals surface area (Å²) in [7, 11) is 0. The molecule has 0 fully saturated rings. The summed E-state index contributed by atoms with van der Waals surface area (Å²) >= 11 is 11.4. The monoisotopic (exact) mass is 295 g/mol. The predicted molar refractivity (Wildman–Crippen MR) is 78.4 cm³/mol. The van der Waals surface area contributed by atoms with E-state index in [1.54, 1.807) is 24.3 Å². The van der Waals surface area contributed by atoms with Crippen LogP contribution in [0.2, 0.25) is 0 Å². The fourth-order valence-electron chi connectivity index (χ4n) is 1.92. The van der Waals surface area contributed by atoms with Crippen LogP contribution in [0, 0.1) is 10.1 Å². The van der Waals surface area contributed by atoms with Gasteiger partial charge in [-0.2, -0.15) is 0 Å². The second-order valence-corrected chi connectivity index (χ2v) is 5.21. The minimum absolute atomic E-state index is 0.110. The molecule has 0 saturated carbocycles. The molecule has 0 unspecified atom stereocenters. The highest BCUT2D eigenvalue weighted by molar-refractivity contribution is 6.45. The van der Waals surface area contributed by atoms with Gasteiger partial charge >= 0.3 is 0 Å². The van der Waals surface area contributed by atoms with Gasteiger partial charge in [0.1, 0.15) is 4.84 Å². The van der Waals surface area contributed by atoms with Gasteiger partial charge in [-0.15, -0.1) is 23.2 Å². The second-order valence-electron chi connectivity index (χ2n) is 4.05. The van der Waals surface area contributed by atoms with E-state index >= 15 is 0 Å². The molecule has 0 spiro atoms. The first kappa shape index (κ1) is 13.8. The number of alkyl halides is 2. The van der Waals surface area contributed by atoms with Gasteiger partial charge in [0.25, 0.3) is 5.69 Å². The summed E-state index contributed by atoms with van der Waals surface area (Å²) in [6.07, 6.45) is 8.06. The van der Waals surface area contributed by atoms with Gasteiger partial charge in [-0.1, -0.05) is 30.4 Å². The molecule has 98 valence electrons. The van der Waals surface area contributed by atoms with Crippen LogP contribution in [0.15, 0.2) is 54.1 Å². The van der Waals surface area contributed by atoms with Crippen molar-refractivity contribution in [2.24, 2.45) is 0 Å². The van der Waals surface area contributed by atoms with Gasteiger partial charge < -0.3 is 0 Å². The van der Waals surface area contributed by atoms with Crippen LogP contribution in [0.3, 0.4) is 0 Å². The highest BCUT2D eigenvalue weighted by Gasteiger charge is 2.15. The highest BCUT2D eigenvalue weighted by atomic mass is 35.5. The summed E-state index contributed by atoms with van der Waals surface area (Å²) in [4.78, 5) is 10.1. The zero-order valence-corrected chi connectivity index (χ0v) is 11.4. The molecular weight excluding hydrogens is 285 g/mol. The van der Waals surface area contributed by atoms with Crippen LogP contribution in [0.4, 0.5) is 5.69 Å². The van der Waals surface area contributed by atoms with Crippen LogP contribution in [-0.4, -0.2) is 9.76 Å². The Kier molecular flexibility index (Phi) is 4.40. The van der Waals surface area contributed by atoms with Crippen molar-refractivity contribution in [3.8, 4) is 0 Å². The van der Waals surface area contributed by atoms with E-state index in [0.29, 0.717) is 12.0 Å². The average molecular weight is 296 g/mol. The minimum atomic E-state index is -0.541. The maximum Gasteiger partial charge on any atom is 0.277 e. The maximum atomic E-state index is 11.0. The molecule has 0 bridgehead atoms. The van der Waals surface area contributed by atoms with Gasteiger partial charge in [0.05, 0.1) is 10.5 Å². The topological polar surface area (TPSA) is 43.1 Å². The van der Waals surface area contributed by atoms with Gasteiger partial charge in [0.2, 0.25) is 0 Å². The van der Waals surface area contributed by atoms with Gasteiger partial charge in [0, 0.05) is 6.07 Å². The normalized spacial score (nSPS) is 16.8. The summed E-state index contributed by atoms with van der Waals surface area (Å²) in [5.74, 6) is 0. The molecule has 0 aromatic heterocycles. The Balaban J connectivity index is 2.29. The highest BCUT2D eigenvalue weighted by Crippen LogP contribution is 2.30. The minimum Gasteiger partial charge on any atom is -0.258 e. The molecule has 1 aliphatic carbocycles. The fraction of sp³-hybridized carbons (Fsp3) is 0.143. The van der Waals surface area contributed by atoms with E-state index in [4.69, 9.17) is 23.2 Å². The molecule has 2 rings (SSSR count). The van der Waals surface area contributed by atoms with E-state index in [1.807, 2.05) is 18.2 Å². The molecule has 19 heavy (non-hydrogen) atoms. The Morgan fingerprint density at radius 3 is 2.58 bits per heavy atom. The van der Waals surface area contributed by atoms with Crippen molar-refractivity contribution >= 4 is 34.5 Å². The van der Waals surface area contributed by atoms with Crippen molar-refractivity contribution in [1.82, 2.24) is 0 Å². The second kappa shape index (κ2) is 6.04. The lowest BCUT2D eigenvalue weighted by atomic mass is 9.96. The zero-order valence-electron chi connectivity index (χ0n) is 9.92. The molecule has 3 nitrogen and oxygen atoms in total. The van der Waals surface area contributed by atoms with Crippen LogP contribution in [0.1, 0.15) is 12.0 Å². The number of halogens is 2. The van der Waals surface area contributed by atoms with E-state index in [2.05, 4.69) is 0 Å². The third kappa shape index (κ3) is 3.46. The summed E-state index contributed by atoms with van der Waals surface area (Å²) in [5.41, 5.74) is 2.57. The summed E-state index contributed by atoms with van der Waals surface area (Å²) in [6, 6.07) is 6.69. The molecule has 0 atom stereocenters. The lowest BCUT2D eigenvalue weighted by molar-refractivity contribution is -0.385. The number of hydrogen-bond acceptors (Lipinski definition) is 2. The van der Waals surface area contributed by atoms with Crippen molar-refractivity contribution in [1.29, 1.82) is 0 Å². The quantitative estimate of drug-likeness (QED) is 0.462. The van der Waals surface area contributed by atoms with E-state index < -0.39 is 4.84 Å². The van der Waals surface area contributed by atoms with Crippen LogP contribution in [0.5, 0.6) is 0 Å². The number of hydrogen-bond donors (Lipinski definition) is 0. The van der Waals surface area contributed by atoms with Gasteiger partial charge in [-0.05, 0) is 29.7 Å². The number of nitro benzene ring substituents is 1. The van der Waals surface area contributed by atoms with E-state index in [9.17, 15) is 10.1 Å². The largest absolute Gasteiger partial charge is 0.277 e. The van der Waals surface area contributed by atoms with Crippen molar-refractivity contribution in [2.75, 3.05) is 0 Å². The van der Waals surface area contributed by atoms with Crippen LogP contribution in [0.25, 0.3) is 5.57 Å². The summed E-state index contributed by atoms with van der Waals surface area (Å²) in [5, 5.41) is 11.0. The number of nitro groups is 1. The molecule has 0 amide bonds. The standard InChI is InChI=1S/C14H11Cl2NO2/c15-14(16)9-10-5-7-11(8-6-10)12-3-1-2-4-13(12)17(18)19/h1-5,7-9,14H,6H2. The SMILES string of the molecule is O=[N+]([O-])c1ccccc1C1=CCC(=CC(Cl)Cl)C=C1. The molecule has 1 aromatic carbocycles. The Morgan fingerprint density at radius 2 is 2.00 bits per heavy atom. The first-order valence-electron chi connectivity index (χ1n) is 5.69. The summed E-state index contributed by atoms with van der Waals surface area (Å²) < 4.78 is 0. The molecule has 1 aromatic rings. The smallest absolute Gasteiger partial charge is 0.258 e. The third-order valence-electron chi connectivity index (χ3n) is 2.79. The van der Waals surface area contributed by atoms with Crippen molar-refractivity contribution < 1.29 is 4.92 Å². The van der Waals surface area contributed by atoms with Gasteiger partial charge in [-0.25, -0.2) is 0 Å². The average Bonchev–Trinajstić information content (AvgIpc) is 2.39. The fourth-order valence-corrected chi connectivity index (χ4v) is 2.25. The van der Waals surface area contributed by atoms with E-state index in [1.165, 1.54) is 6.07 Å². The Morgan fingerprint density at radius 1 is 1.26 bits per heavy atom. The maximum absolute atomic E-state index is 11.0. The first-order valence-corrected chi connectivity index (χ1v) is 6.56.